The molecule has 0 saturated heterocycles. The molecule has 1 fully saturated rings. The van der Waals surface area contributed by atoms with E-state index in [1.54, 1.807) is 19.1 Å². The van der Waals surface area contributed by atoms with Crippen molar-refractivity contribution >= 4 is 32.9 Å². The highest BCUT2D eigenvalue weighted by Gasteiger charge is 2.36. The van der Waals surface area contributed by atoms with Gasteiger partial charge in [0.05, 0.1) is 16.8 Å². The molecule has 1 aliphatic rings. The van der Waals surface area contributed by atoms with Gasteiger partial charge < -0.3 is 5.73 Å². The van der Waals surface area contributed by atoms with E-state index in [0.717, 1.165) is 24.6 Å². The van der Waals surface area contributed by atoms with Crippen LogP contribution in [0.2, 0.25) is 0 Å². The van der Waals surface area contributed by atoms with Crippen LogP contribution in [0.4, 0.5) is 13.2 Å². The number of alkyl halides is 3. The number of hydrogen-bond donors (Lipinski definition) is 2. The zero-order valence-corrected chi connectivity index (χ0v) is 16.6. The van der Waals surface area contributed by atoms with Crippen molar-refractivity contribution in [3.8, 4) is 0 Å². The van der Waals surface area contributed by atoms with E-state index in [2.05, 4.69) is 9.98 Å². The Morgan fingerprint density at radius 2 is 1.89 bits per heavy atom. The minimum Gasteiger partial charge on any atom is -0.378 e. The van der Waals surface area contributed by atoms with Crippen LogP contribution in [0.5, 0.6) is 0 Å². The molecule has 1 saturated carbocycles. The predicted octanol–water partition coefficient (Wildman–Crippen LogP) is 5.47. The molecule has 3 N–H and O–H groups in total. The number of nitrogens with two attached hydrogens (primary N) is 1. The molecule has 0 bridgehead atoms. The first-order valence-electron chi connectivity index (χ1n) is 8.72. The molecule has 1 aliphatic carbocycles. The molecule has 146 valence electrons. The van der Waals surface area contributed by atoms with Crippen LogP contribution in [-0.2, 0) is 6.18 Å². The van der Waals surface area contributed by atoms with Gasteiger partial charge in [-0.15, -0.1) is 0 Å². The molecule has 0 unspecified atom stereocenters. The van der Waals surface area contributed by atoms with Crippen LogP contribution in [0.15, 0.2) is 23.2 Å². The van der Waals surface area contributed by atoms with Gasteiger partial charge in [0, 0.05) is 12.4 Å². The fourth-order valence-electron chi connectivity index (χ4n) is 2.70. The van der Waals surface area contributed by atoms with Gasteiger partial charge in [0.1, 0.15) is 5.04 Å². The van der Waals surface area contributed by atoms with Gasteiger partial charge in [-0.2, -0.15) is 13.2 Å². The average Bonchev–Trinajstić information content (AvgIpc) is 3.46. The highest BCUT2D eigenvalue weighted by molar-refractivity contribution is 8.26. The second kappa shape index (κ2) is 8.29. The van der Waals surface area contributed by atoms with Crippen molar-refractivity contribution in [1.29, 1.82) is 5.41 Å². The van der Waals surface area contributed by atoms with Crippen molar-refractivity contribution in [2.75, 3.05) is 7.05 Å². The normalized spacial score (nSPS) is 14.7. The third-order valence-electron chi connectivity index (χ3n) is 4.16. The smallest absolute Gasteiger partial charge is 0.378 e. The molecule has 0 amide bonds. The highest BCUT2D eigenvalue weighted by Crippen LogP contribution is 2.44. The number of amidine groups is 1. The Kier molecular flexibility index (Phi) is 6.51. The summed E-state index contributed by atoms with van der Waals surface area (Å²) >= 11 is 0.869. The van der Waals surface area contributed by atoms with Crippen molar-refractivity contribution < 1.29 is 13.2 Å². The van der Waals surface area contributed by atoms with Gasteiger partial charge in [-0.25, -0.2) is 4.98 Å². The van der Waals surface area contributed by atoms with E-state index in [0.29, 0.717) is 16.5 Å². The van der Waals surface area contributed by atoms with Crippen LogP contribution in [0.1, 0.15) is 55.0 Å². The van der Waals surface area contributed by atoms with Crippen molar-refractivity contribution in [2.24, 2.45) is 10.7 Å². The van der Waals surface area contributed by atoms with Gasteiger partial charge in [0.25, 0.3) is 0 Å². The Labute approximate surface area is 161 Å². The molecule has 8 heteroatoms. The van der Waals surface area contributed by atoms with Crippen LogP contribution in [0, 0.1) is 12.3 Å². The number of benzene rings is 1. The molecule has 3 rings (SSSR count). The molecule has 0 aliphatic heterocycles. The number of fused-ring (bicyclic) bond motifs is 1. The van der Waals surface area contributed by atoms with Crippen molar-refractivity contribution in [3.05, 3.63) is 40.6 Å². The summed E-state index contributed by atoms with van der Waals surface area (Å²) in [5.41, 5.74) is 6.25. The lowest BCUT2D eigenvalue weighted by Crippen LogP contribution is -2.13. The molecule has 0 spiro atoms. The van der Waals surface area contributed by atoms with E-state index in [4.69, 9.17) is 11.1 Å². The largest absolute Gasteiger partial charge is 0.418 e. The van der Waals surface area contributed by atoms with Crippen LogP contribution < -0.4 is 5.73 Å². The first kappa shape index (κ1) is 21.2. The maximum absolute atomic E-state index is 13.6. The van der Waals surface area contributed by atoms with E-state index in [-0.39, 0.29) is 27.3 Å². The van der Waals surface area contributed by atoms with Crippen molar-refractivity contribution in [1.82, 2.24) is 4.98 Å². The minimum atomic E-state index is -4.50. The molecule has 27 heavy (non-hydrogen) atoms. The lowest BCUT2D eigenvalue weighted by molar-refractivity contribution is -0.136. The van der Waals surface area contributed by atoms with Crippen molar-refractivity contribution in [2.45, 2.75) is 45.7 Å². The summed E-state index contributed by atoms with van der Waals surface area (Å²) in [5, 5.41) is 8.64. The fourth-order valence-corrected chi connectivity index (χ4v) is 3.21. The van der Waals surface area contributed by atoms with E-state index in [9.17, 15) is 13.2 Å². The molecular weight excluding hydrogens is 373 g/mol. The molecule has 4 nitrogen and oxygen atoms in total. The Bertz CT molecular complexity index is 887. The van der Waals surface area contributed by atoms with E-state index < -0.39 is 11.7 Å². The number of aliphatic imine (C=N–C) groups is 1. The van der Waals surface area contributed by atoms with Gasteiger partial charge in [-0.3, -0.25) is 10.4 Å². The molecule has 1 aromatic heterocycles. The first-order chi connectivity index (χ1) is 12.7. The summed E-state index contributed by atoms with van der Waals surface area (Å²) in [5.74, 6) is 0.207. The fraction of sp³-hybridized carbons (Fsp3) is 0.421. The van der Waals surface area contributed by atoms with Crippen LogP contribution in [0.25, 0.3) is 10.9 Å². The van der Waals surface area contributed by atoms with Crippen LogP contribution in [0.3, 0.4) is 0 Å². The third kappa shape index (κ3) is 4.80. The second-order valence-electron chi connectivity index (χ2n) is 6.05. The number of aryl methyl sites for hydroxylation is 1. The number of nitrogens with one attached hydrogen (secondary N) is 1. The van der Waals surface area contributed by atoms with Gasteiger partial charge in [0.2, 0.25) is 0 Å². The van der Waals surface area contributed by atoms with Crippen molar-refractivity contribution in [3.63, 3.8) is 0 Å². The number of halogens is 3. The zero-order chi connectivity index (χ0) is 20.4. The standard InChI is InChI=1S/C17H17F3N4S.C2H6/c1-8-5-13(15(21)25-16(22)23-2)24-14-11(8)6-10(9-3-4-9)7-12(14)17(18,19)20;1-2/h5-7,9,21H,3-4H2,1-2H3,(H2,22,23);1-2H3. The summed E-state index contributed by atoms with van der Waals surface area (Å²) < 4.78 is 40.7. The lowest BCUT2D eigenvalue weighted by atomic mass is 9.98. The first-order valence-corrected chi connectivity index (χ1v) is 9.54. The Morgan fingerprint density at radius 3 is 2.41 bits per heavy atom. The number of pyridine rings is 1. The molecule has 0 atom stereocenters. The second-order valence-corrected chi connectivity index (χ2v) is 7.08. The van der Waals surface area contributed by atoms with Gasteiger partial charge in [0.15, 0.2) is 5.17 Å². The molecular formula is C19H23F3N4S. The summed E-state index contributed by atoms with van der Waals surface area (Å²) in [7, 11) is 1.48. The molecule has 1 heterocycles. The SMILES string of the molecule is CC.CN=C(N)SC(=N)c1cc(C)c2cc(C3CC3)cc(C(F)(F)F)c2n1. The zero-order valence-electron chi connectivity index (χ0n) is 15.7. The average molecular weight is 396 g/mol. The highest BCUT2D eigenvalue weighted by atomic mass is 32.2. The molecule has 0 radical (unpaired) electrons. The van der Waals surface area contributed by atoms with Crippen LogP contribution in [-0.4, -0.2) is 22.2 Å². The van der Waals surface area contributed by atoms with E-state index >= 15 is 0 Å². The number of thioether (sulfide) groups is 1. The lowest BCUT2D eigenvalue weighted by Gasteiger charge is -2.15. The summed E-state index contributed by atoms with van der Waals surface area (Å²) in [6.45, 7) is 5.74. The van der Waals surface area contributed by atoms with E-state index in [1.165, 1.54) is 13.1 Å². The molecule has 1 aromatic carbocycles. The Balaban J connectivity index is 0.00000126. The maximum Gasteiger partial charge on any atom is 0.418 e. The number of nitrogens with zero attached hydrogens (tertiary/aromatic N) is 2. The summed E-state index contributed by atoms with van der Waals surface area (Å²) in [6, 6.07) is 4.62. The monoisotopic (exact) mass is 396 g/mol. The number of hydrogen-bond acceptors (Lipinski definition) is 4. The molecule has 2 aromatic rings. The summed E-state index contributed by atoms with van der Waals surface area (Å²) in [6.07, 6.45) is -2.66. The summed E-state index contributed by atoms with van der Waals surface area (Å²) in [4.78, 5) is 7.88. The number of rotatable bonds is 2. The minimum absolute atomic E-state index is 0.0347. The van der Waals surface area contributed by atoms with Gasteiger partial charge in [-0.1, -0.05) is 13.8 Å². The van der Waals surface area contributed by atoms with Gasteiger partial charge in [-0.05, 0) is 66.8 Å². The Morgan fingerprint density at radius 1 is 1.26 bits per heavy atom. The van der Waals surface area contributed by atoms with E-state index in [1.807, 2.05) is 13.8 Å². The topological polar surface area (TPSA) is 75.1 Å². The Hall–Kier alpha value is -2.09. The van der Waals surface area contributed by atoms with Gasteiger partial charge >= 0.3 is 6.18 Å². The quantitative estimate of drug-likeness (QED) is 0.522. The number of aromatic nitrogens is 1. The maximum atomic E-state index is 13.6. The predicted molar refractivity (Wildman–Crippen MR) is 107 cm³/mol. The third-order valence-corrected chi connectivity index (χ3v) is 4.96. The van der Waals surface area contributed by atoms with Crippen LogP contribution >= 0.6 is 11.8 Å².